The molecular weight excluding hydrogens is 510 g/mol. The molecule has 40 heavy (non-hydrogen) atoms. The summed E-state index contributed by atoms with van der Waals surface area (Å²) in [6.07, 6.45) is 0. The van der Waals surface area contributed by atoms with E-state index in [0.717, 1.165) is 0 Å². The van der Waals surface area contributed by atoms with Gasteiger partial charge in [-0.3, -0.25) is 14.5 Å². The minimum atomic E-state index is -1.03. The van der Waals surface area contributed by atoms with Crippen LogP contribution in [0.1, 0.15) is 39.3 Å². The number of ether oxygens (including phenoxy) is 3. The van der Waals surface area contributed by atoms with E-state index in [1.807, 2.05) is 52.0 Å². The number of fused-ring (bicyclic) bond motifs is 1. The van der Waals surface area contributed by atoms with Crippen molar-refractivity contribution in [2.75, 3.05) is 25.7 Å². The van der Waals surface area contributed by atoms with Crippen LogP contribution in [0.5, 0.6) is 17.2 Å². The van der Waals surface area contributed by atoms with Gasteiger partial charge in [-0.05, 0) is 57.5 Å². The summed E-state index contributed by atoms with van der Waals surface area (Å²) in [7, 11) is 3.06. The van der Waals surface area contributed by atoms with Crippen LogP contribution in [0.3, 0.4) is 0 Å². The summed E-state index contributed by atoms with van der Waals surface area (Å²) in [6, 6.07) is 18.6. The molecule has 4 aromatic rings. The summed E-state index contributed by atoms with van der Waals surface area (Å²) < 4.78 is 18.1. The molecule has 0 bridgehead atoms. The third kappa shape index (κ3) is 6.51. The van der Waals surface area contributed by atoms with Crippen LogP contribution in [-0.4, -0.2) is 53.2 Å². The third-order valence-corrected chi connectivity index (χ3v) is 6.10. The lowest BCUT2D eigenvalue weighted by atomic mass is 10.0. The summed E-state index contributed by atoms with van der Waals surface area (Å²) in [4.78, 5) is 29.7. The van der Waals surface area contributed by atoms with Crippen LogP contribution in [0.2, 0.25) is 0 Å². The van der Waals surface area contributed by atoms with E-state index in [1.165, 1.54) is 23.8 Å². The van der Waals surface area contributed by atoms with E-state index in [0.29, 0.717) is 46.1 Å². The highest BCUT2D eigenvalue weighted by Crippen LogP contribution is 2.35. The summed E-state index contributed by atoms with van der Waals surface area (Å²) in [5, 5.41) is 11.4. The van der Waals surface area contributed by atoms with Crippen molar-refractivity contribution in [3.63, 3.8) is 0 Å². The van der Waals surface area contributed by atoms with Gasteiger partial charge in [0, 0.05) is 23.7 Å². The SMILES string of the molecule is CCOc1ccc(C(C(=O)NC(C)(C)C)N(C(=O)Cn2nnc3ccccc32)c2cc(OC)cc(OC)c2)cc1. The molecule has 2 amide bonds. The topological polar surface area (TPSA) is 108 Å². The number of methoxy groups -OCH3 is 2. The Labute approximate surface area is 233 Å². The highest BCUT2D eigenvalue weighted by atomic mass is 16.5. The van der Waals surface area contributed by atoms with Gasteiger partial charge in [0.15, 0.2) is 0 Å². The van der Waals surface area contributed by atoms with E-state index in [1.54, 1.807) is 42.5 Å². The molecule has 210 valence electrons. The van der Waals surface area contributed by atoms with Crippen molar-refractivity contribution in [2.24, 2.45) is 0 Å². The van der Waals surface area contributed by atoms with Crippen LogP contribution in [0, 0.1) is 0 Å². The minimum absolute atomic E-state index is 0.156. The molecule has 1 heterocycles. The molecule has 0 saturated heterocycles. The Hall–Kier alpha value is -4.60. The number of anilines is 1. The number of nitrogens with zero attached hydrogens (tertiary/aromatic N) is 4. The van der Waals surface area contributed by atoms with E-state index in [-0.39, 0.29) is 18.4 Å². The average Bonchev–Trinajstić information content (AvgIpc) is 3.33. The Morgan fingerprint density at radius 2 is 1.60 bits per heavy atom. The van der Waals surface area contributed by atoms with Crippen LogP contribution in [0.15, 0.2) is 66.7 Å². The van der Waals surface area contributed by atoms with Crippen molar-refractivity contribution in [1.82, 2.24) is 20.3 Å². The van der Waals surface area contributed by atoms with Crippen LogP contribution < -0.4 is 24.4 Å². The van der Waals surface area contributed by atoms with Gasteiger partial charge in [0.2, 0.25) is 11.8 Å². The Morgan fingerprint density at radius 3 is 2.20 bits per heavy atom. The number of hydrogen-bond acceptors (Lipinski definition) is 7. The van der Waals surface area contributed by atoms with Gasteiger partial charge >= 0.3 is 0 Å². The summed E-state index contributed by atoms with van der Waals surface area (Å²) in [5.41, 5.74) is 1.84. The first-order valence-electron chi connectivity index (χ1n) is 13.0. The van der Waals surface area contributed by atoms with Crippen LogP contribution >= 0.6 is 0 Å². The molecule has 1 aromatic heterocycles. The lowest BCUT2D eigenvalue weighted by Crippen LogP contribution is -2.50. The Kier molecular flexibility index (Phi) is 8.57. The number of para-hydroxylation sites is 1. The summed E-state index contributed by atoms with van der Waals surface area (Å²) in [6.45, 7) is 7.93. The second-order valence-corrected chi connectivity index (χ2v) is 10.2. The van der Waals surface area contributed by atoms with Crippen LogP contribution in [0.4, 0.5) is 5.69 Å². The van der Waals surface area contributed by atoms with Crippen molar-refractivity contribution < 1.29 is 23.8 Å². The van der Waals surface area contributed by atoms with Crippen LogP contribution in [0.25, 0.3) is 11.0 Å². The normalized spacial score (nSPS) is 12.1. The molecule has 0 spiro atoms. The van der Waals surface area contributed by atoms with Gasteiger partial charge < -0.3 is 19.5 Å². The second-order valence-electron chi connectivity index (χ2n) is 10.2. The predicted octanol–water partition coefficient (Wildman–Crippen LogP) is 4.54. The molecule has 1 N–H and O–H groups in total. The van der Waals surface area contributed by atoms with Crippen molar-refractivity contribution in [1.29, 1.82) is 0 Å². The number of hydrogen-bond donors (Lipinski definition) is 1. The molecule has 10 heteroatoms. The van der Waals surface area contributed by atoms with Gasteiger partial charge in [-0.1, -0.05) is 29.5 Å². The highest BCUT2D eigenvalue weighted by molar-refractivity contribution is 6.02. The monoisotopic (exact) mass is 545 g/mol. The standard InChI is InChI=1S/C30H35N5O5/c1-7-40-22-14-12-20(13-15-22)28(29(37)31-30(2,3)4)35(21-16-23(38-5)18-24(17-21)39-6)27(36)19-34-26-11-9-8-10-25(26)32-33-34/h8-18,28H,7,19H2,1-6H3,(H,31,37). The quantitative estimate of drug-likeness (QED) is 0.312. The van der Waals surface area contributed by atoms with Crippen molar-refractivity contribution in [3.05, 3.63) is 72.3 Å². The predicted molar refractivity (Wildman–Crippen MR) is 153 cm³/mol. The maximum atomic E-state index is 14.3. The van der Waals surface area contributed by atoms with E-state index in [4.69, 9.17) is 14.2 Å². The zero-order chi connectivity index (χ0) is 28.9. The van der Waals surface area contributed by atoms with Gasteiger partial charge in [-0.2, -0.15) is 0 Å². The number of carbonyl (C=O) groups excluding carboxylic acids is 2. The maximum absolute atomic E-state index is 14.3. The van der Waals surface area contributed by atoms with Gasteiger partial charge in [0.25, 0.3) is 0 Å². The molecule has 4 rings (SSSR count). The summed E-state index contributed by atoms with van der Waals surface area (Å²) >= 11 is 0. The van der Waals surface area contributed by atoms with E-state index in [2.05, 4.69) is 15.6 Å². The smallest absolute Gasteiger partial charge is 0.249 e. The fourth-order valence-electron chi connectivity index (χ4n) is 4.38. The van der Waals surface area contributed by atoms with E-state index >= 15 is 0 Å². The van der Waals surface area contributed by atoms with Gasteiger partial charge in [0.1, 0.15) is 35.4 Å². The first kappa shape index (κ1) is 28.4. The number of amides is 2. The zero-order valence-electron chi connectivity index (χ0n) is 23.7. The Balaban J connectivity index is 1.87. The van der Waals surface area contributed by atoms with Gasteiger partial charge in [-0.25, -0.2) is 4.68 Å². The molecule has 0 radical (unpaired) electrons. The fraction of sp³-hybridized carbons (Fsp3) is 0.333. The third-order valence-electron chi connectivity index (χ3n) is 6.10. The first-order valence-corrected chi connectivity index (χ1v) is 13.0. The minimum Gasteiger partial charge on any atom is -0.497 e. The molecule has 0 aliphatic rings. The molecule has 1 unspecified atom stereocenters. The number of carbonyl (C=O) groups is 2. The highest BCUT2D eigenvalue weighted by Gasteiger charge is 2.35. The number of aromatic nitrogens is 3. The van der Waals surface area contributed by atoms with Gasteiger partial charge in [0.05, 0.1) is 32.0 Å². The van der Waals surface area contributed by atoms with Crippen molar-refractivity contribution in [3.8, 4) is 17.2 Å². The molecule has 10 nitrogen and oxygen atoms in total. The molecule has 0 saturated carbocycles. The van der Waals surface area contributed by atoms with E-state index in [9.17, 15) is 9.59 Å². The van der Waals surface area contributed by atoms with Crippen molar-refractivity contribution in [2.45, 2.75) is 45.8 Å². The second kappa shape index (κ2) is 12.1. The van der Waals surface area contributed by atoms with Crippen LogP contribution in [-0.2, 0) is 16.1 Å². The number of rotatable bonds is 10. The van der Waals surface area contributed by atoms with Gasteiger partial charge in [-0.15, -0.1) is 5.10 Å². The zero-order valence-corrected chi connectivity index (χ0v) is 23.7. The molecule has 0 fully saturated rings. The Morgan fingerprint density at radius 1 is 0.950 bits per heavy atom. The summed E-state index contributed by atoms with van der Waals surface area (Å²) in [5.74, 6) is 0.875. The first-order chi connectivity index (χ1) is 19.1. The van der Waals surface area contributed by atoms with E-state index < -0.39 is 11.6 Å². The molecule has 3 aromatic carbocycles. The number of benzene rings is 3. The molecule has 1 atom stereocenters. The largest absolute Gasteiger partial charge is 0.497 e. The number of nitrogens with one attached hydrogen (secondary N) is 1. The fourth-order valence-corrected chi connectivity index (χ4v) is 4.38. The molecule has 0 aliphatic carbocycles. The lowest BCUT2D eigenvalue weighted by Gasteiger charge is -2.34. The maximum Gasteiger partial charge on any atom is 0.249 e. The lowest BCUT2D eigenvalue weighted by molar-refractivity contribution is -0.128. The molecular formula is C30H35N5O5. The van der Waals surface area contributed by atoms with Crippen molar-refractivity contribution >= 4 is 28.5 Å². The average molecular weight is 546 g/mol. The molecule has 0 aliphatic heterocycles. The Bertz CT molecular complexity index is 1450.